The SMILES string of the molecule is CCOc1cc(/C=C2/C(=N)N3N=C(CC)SC3=NC2=O)ccc1OCCOc1ccc(C)cc1. The number of nitrogens with zero attached hydrogens (tertiary/aromatic N) is 3. The lowest BCUT2D eigenvalue weighted by Gasteiger charge is -2.20. The summed E-state index contributed by atoms with van der Waals surface area (Å²) in [7, 11) is 0. The summed E-state index contributed by atoms with van der Waals surface area (Å²) in [6.45, 7) is 7.08. The second-order valence-corrected chi connectivity index (χ2v) is 8.56. The Balaban J connectivity index is 1.46. The average Bonchev–Trinajstić information content (AvgIpc) is 3.25. The number of hydrogen-bond acceptors (Lipinski definition) is 7. The lowest BCUT2D eigenvalue weighted by Crippen LogP contribution is -2.35. The molecule has 0 aliphatic carbocycles. The molecule has 0 spiro atoms. The molecule has 0 saturated heterocycles. The van der Waals surface area contributed by atoms with Gasteiger partial charge in [0.15, 0.2) is 17.3 Å². The van der Waals surface area contributed by atoms with E-state index in [-0.39, 0.29) is 11.4 Å². The minimum atomic E-state index is -0.456. The summed E-state index contributed by atoms with van der Waals surface area (Å²) in [5.41, 5.74) is 2.05. The fourth-order valence-electron chi connectivity index (χ4n) is 3.29. The van der Waals surface area contributed by atoms with Crippen molar-refractivity contribution in [2.45, 2.75) is 27.2 Å². The highest BCUT2D eigenvalue weighted by molar-refractivity contribution is 8.26. The standard InChI is InChI=1S/C25H26N4O4S/c1-4-22-28-29-23(26)19(24(30)27-25(29)34-22)14-17-8-11-20(21(15-17)31-5-2)33-13-12-32-18-9-6-16(3)7-10-18/h6-11,14-15,26H,4-5,12-13H2,1-3H3/b19-14-,26-23?. The molecule has 176 valence electrons. The molecule has 9 heteroatoms. The maximum absolute atomic E-state index is 12.6. The molecule has 0 atom stereocenters. The molecule has 0 radical (unpaired) electrons. The summed E-state index contributed by atoms with van der Waals surface area (Å²) in [6.07, 6.45) is 2.35. The zero-order valence-corrected chi connectivity index (χ0v) is 20.1. The Labute approximate surface area is 202 Å². The third kappa shape index (κ3) is 5.31. The summed E-state index contributed by atoms with van der Waals surface area (Å²) < 4.78 is 17.3. The van der Waals surface area contributed by atoms with Crippen molar-refractivity contribution in [3.05, 3.63) is 59.2 Å². The van der Waals surface area contributed by atoms with Crippen LogP contribution in [0.2, 0.25) is 0 Å². The van der Waals surface area contributed by atoms with Crippen molar-refractivity contribution in [1.29, 1.82) is 5.41 Å². The molecule has 4 rings (SSSR count). The van der Waals surface area contributed by atoms with Crippen molar-refractivity contribution in [3.63, 3.8) is 0 Å². The molecular weight excluding hydrogens is 452 g/mol. The van der Waals surface area contributed by atoms with Crippen LogP contribution in [0.5, 0.6) is 17.2 Å². The molecule has 2 aliphatic rings. The van der Waals surface area contributed by atoms with Crippen LogP contribution < -0.4 is 14.2 Å². The number of amidine groups is 2. The number of amides is 1. The molecule has 1 amide bonds. The van der Waals surface area contributed by atoms with Gasteiger partial charge in [0.1, 0.15) is 24.0 Å². The topological polar surface area (TPSA) is 96.6 Å². The van der Waals surface area contributed by atoms with Gasteiger partial charge in [-0.15, -0.1) is 0 Å². The first kappa shape index (κ1) is 23.6. The van der Waals surface area contributed by atoms with E-state index in [4.69, 9.17) is 19.6 Å². The van der Waals surface area contributed by atoms with Crippen LogP contribution in [0.3, 0.4) is 0 Å². The lowest BCUT2D eigenvalue weighted by atomic mass is 10.1. The highest BCUT2D eigenvalue weighted by atomic mass is 32.2. The van der Waals surface area contributed by atoms with E-state index in [9.17, 15) is 4.79 Å². The number of rotatable bonds is 9. The van der Waals surface area contributed by atoms with Crippen LogP contribution >= 0.6 is 11.8 Å². The number of fused-ring (bicyclic) bond motifs is 1. The van der Waals surface area contributed by atoms with Gasteiger partial charge in [-0.1, -0.05) is 30.7 Å². The molecular formula is C25H26N4O4S. The van der Waals surface area contributed by atoms with Crippen molar-refractivity contribution in [1.82, 2.24) is 5.01 Å². The molecule has 1 N–H and O–H groups in total. The number of carbonyl (C=O) groups is 1. The molecule has 2 aliphatic heterocycles. The van der Waals surface area contributed by atoms with Gasteiger partial charge in [0, 0.05) is 0 Å². The zero-order chi connectivity index (χ0) is 24.1. The molecule has 0 aromatic heterocycles. The molecule has 0 saturated carbocycles. The van der Waals surface area contributed by atoms with Gasteiger partial charge in [-0.25, -0.2) is 0 Å². The molecule has 2 heterocycles. The molecule has 34 heavy (non-hydrogen) atoms. The largest absolute Gasteiger partial charge is 0.490 e. The van der Waals surface area contributed by atoms with E-state index in [1.54, 1.807) is 18.2 Å². The molecule has 8 nitrogen and oxygen atoms in total. The van der Waals surface area contributed by atoms with Crippen molar-refractivity contribution < 1.29 is 19.0 Å². The molecule has 0 unspecified atom stereocenters. The number of thioether (sulfide) groups is 1. The summed E-state index contributed by atoms with van der Waals surface area (Å²) in [5, 5.41) is 15.5. The lowest BCUT2D eigenvalue weighted by molar-refractivity contribution is -0.114. The quantitative estimate of drug-likeness (QED) is 0.408. The van der Waals surface area contributed by atoms with Gasteiger partial charge in [-0.3, -0.25) is 10.2 Å². The van der Waals surface area contributed by atoms with Gasteiger partial charge < -0.3 is 14.2 Å². The van der Waals surface area contributed by atoms with Crippen LogP contribution in [0.1, 0.15) is 31.4 Å². The van der Waals surface area contributed by atoms with Crippen LogP contribution in [0, 0.1) is 12.3 Å². The predicted molar refractivity (Wildman–Crippen MR) is 135 cm³/mol. The normalized spacial score (nSPS) is 16.3. The predicted octanol–water partition coefficient (Wildman–Crippen LogP) is 4.88. The maximum atomic E-state index is 12.6. The highest BCUT2D eigenvalue weighted by Crippen LogP contribution is 2.32. The smallest absolute Gasteiger partial charge is 0.283 e. The second kappa shape index (κ2) is 10.6. The number of carbonyl (C=O) groups excluding carboxylic acids is 1. The number of ether oxygens (including phenoxy) is 3. The minimum Gasteiger partial charge on any atom is -0.490 e. The summed E-state index contributed by atoms with van der Waals surface area (Å²) >= 11 is 1.32. The first-order valence-electron chi connectivity index (χ1n) is 11.1. The minimum absolute atomic E-state index is 0.0116. The van der Waals surface area contributed by atoms with Crippen molar-refractivity contribution in [3.8, 4) is 17.2 Å². The van der Waals surface area contributed by atoms with Crippen LogP contribution in [0.25, 0.3) is 6.08 Å². The van der Waals surface area contributed by atoms with Gasteiger partial charge in [0.25, 0.3) is 5.91 Å². The third-order valence-corrected chi connectivity index (χ3v) is 6.06. The Bertz CT molecular complexity index is 1190. The number of hydrogen-bond donors (Lipinski definition) is 1. The molecule has 2 aromatic rings. The Hall–Kier alpha value is -3.59. The average molecular weight is 479 g/mol. The summed E-state index contributed by atoms with van der Waals surface area (Å²) in [4.78, 5) is 16.7. The van der Waals surface area contributed by atoms with E-state index in [0.717, 1.165) is 17.2 Å². The Morgan fingerprint density at radius 3 is 2.53 bits per heavy atom. The number of benzene rings is 2. The van der Waals surface area contributed by atoms with Crippen LogP contribution in [-0.2, 0) is 4.79 Å². The van der Waals surface area contributed by atoms with Gasteiger partial charge in [0.2, 0.25) is 5.17 Å². The van der Waals surface area contributed by atoms with E-state index >= 15 is 0 Å². The van der Waals surface area contributed by atoms with Crippen molar-refractivity contribution >= 4 is 39.8 Å². The Kier molecular flexibility index (Phi) is 7.32. The van der Waals surface area contributed by atoms with Crippen LogP contribution in [0.4, 0.5) is 0 Å². The van der Waals surface area contributed by atoms with Crippen LogP contribution in [0.15, 0.2) is 58.1 Å². The molecule has 0 bridgehead atoms. The van der Waals surface area contributed by atoms with Gasteiger partial charge in [-0.2, -0.15) is 15.1 Å². The summed E-state index contributed by atoms with van der Waals surface area (Å²) in [5.74, 6) is 1.47. The Morgan fingerprint density at radius 2 is 1.79 bits per heavy atom. The fraction of sp³-hybridized carbons (Fsp3) is 0.280. The van der Waals surface area contributed by atoms with Crippen molar-refractivity contribution in [2.24, 2.45) is 10.1 Å². The van der Waals surface area contributed by atoms with Gasteiger partial charge in [0.05, 0.1) is 12.2 Å². The monoisotopic (exact) mass is 478 g/mol. The molecule has 0 fully saturated rings. The highest BCUT2D eigenvalue weighted by Gasteiger charge is 2.35. The number of aryl methyl sites for hydroxylation is 1. The van der Waals surface area contributed by atoms with E-state index in [0.29, 0.717) is 42.1 Å². The Morgan fingerprint density at radius 1 is 1.03 bits per heavy atom. The number of hydrazone groups is 1. The van der Waals surface area contributed by atoms with Crippen LogP contribution in [-0.4, -0.2) is 46.8 Å². The molecule has 2 aromatic carbocycles. The zero-order valence-electron chi connectivity index (χ0n) is 19.3. The van der Waals surface area contributed by atoms with Crippen molar-refractivity contribution in [2.75, 3.05) is 19.8 Å². The fourth-order valence-corrected chi connectivity index (χ4v) is 4.11. The third-order valence-electron chi connectivity index (χ3n) is 5.01. The van der Waals surface area contributed by atoms with E-state index in [1.807, 2.05) is 51.1 Å². The number of aliphatic imine (C=N–C) groups is 1. The first-order valence-corrected chi connectivity index (χ1v) is 11.9. The number of nitrogens with one attached hydrogen (secondary N) is 1. The first-order chi connectivity index (χ1) is 16.5. The van der Waals surface area contributed by atoms with E-state index in [1.165, 1.54) is 22.3 Å². The van der Waals surface area contributed by atoms with Gasteiger partial charge >= 0.3 is 0 Å². The summed E-state index contributed by atoms with van der Waals surface area (Å²) in [6, 6.07) is 13.2. The van der Waals surface area contributed by atoms with E-state index in [2.05, 4.69) is 10.1 Å². The van der Waals surface area contributed by atoms with E-state index < -0.39 is 5.91 Å². The maximum Gasteiger partial charge on any atom is 0.283 e. The van der Waals surface area contributed by atoms with Gasteiger partial charge in [-0.05, 0) is 67.9 Å². The second-order valence-electron chi connectivity index (χ2n) is 7.52.